The van der Waals surface area contributed by atoms with E-state index in [4.69, 9.17) is 0 Å². The van der Waals surface area contributed by atoms with Crippen molar-refractivity contribution >= 4 is 15.9 Å². The first-order chi connectivity index (χ1) is 12.2. The summed E-state index contributed by atoms with van der Waals surface area (Å²) in [6.45, 7) is 5.65. The summed E-state index contributed by atoms with van der Waals surface area (Å²) in [7, 11) is -3.61. The largest absolute Gasteiger partial charge is 0.353 e. The van der Waals surface area contributed by atoms with Gasteiger partial charge in [-0.3, -0.25) is 4.79 Å². The second-order valence-corrected chi connectivity index (χ2v) is 9.45. The first kappa shape index (κ1) is 19.3. The summed E-state index contributed by atoms with van der Waals surface area (Å²) in [5.74, 6) is -0.0867. The number of sulfonamides is 1. The van der Waals surface area contributed by atoms with Crippen LogP contribution in [0.15, 0.2) is 17.0 Å². The molecule has 0 saturated carbocycles. The fraction of sp³-hybridized carbons (Fsp3) is 0.632. The molecular formula is C19H29N3O3S. The normalized spacial score (nSPS) is 25.3. The summed E-state index contributed by atoms with van der Waals surface area (Å²) in [4.78, 5) is 12.5. The van der Waals surface area contributed by atoms with Gasteiger partial charge in [0.15, 0.2) is 0 Å². The molecule has 1 amide bonds. The Morgan fingerprint density at radius 2 is 1.69 bits per heavy atom. The highest BCUT2D eigenvalue weighted by atomic mass is 32.2. The summed E-state index contributed by atoms with van der Waals surface area (Å²) in [5, 5.41) is 6.61. The lowest BCUT2D eigenvalue weighted by Crippen LogP contribution is -2.48. The number of aryl methyl sites for hydroxylation is 3. The quantitative estimate of drug-likeness (QED) is 0.702. The average molecular weight is 380 g/mol. The molecule has 0 radical (unpaired) electrons. The van der Waals surface area contributed by atoms with Gasteiger partial charge in [-0.2, -0.15) is 0 Å². The highest BCUT2D eigenvalue weighted by Crippen LogP contribution is 2.26. The minimum absolute atomic E-state index is 0.0867. The van der Waals surface area contributed by atoms with Gasteiger partial charge in [0.05, 0.1) is 4.90 Å². The lowest BCUT2D eigenvalue weighted by molar-refractivity contribution is -0.121. The molecule has 0 aromatic heterocycles. The predicted molar refractivity (Wildman–Crippen MR) is 102 cm³/mol. The van der Waals surface area contributed by atoms with Crippen LogP contribution < -0.4 is 15.4 Å². The van der Waals surface area contributed by atoms with Crippen LogP contribution in [-0.4, -0.2) is 39.0 Å². The van der Waals surface area contributed by atoms with Crippen molar-refractivity contribution in [1.82, 2.24) is 15.4 Å². The summed E-state index contributed by atoms with van der Waals surface area (Å²) >= 11 is 0. The van der Waals surface area contributed by atoms with Crippen LogP contribution in [0, 0.1) is 20.8 Å². The number of nitrogens with one attached hydrogen (secondary N) is 3. The van der Waals surface area contributed by atoms with Crippen LogP contribution in [0.3, 0.4) is 0 Å². The zero-order valence-electron chi connectivity index (χ0n) is 15.8. The third kappa shape index (κ3) is 4.45. The molecule has 2 fully saturated rings. The molecule has 2 aliphatic rings. The SMILES string of the molecule is Cc1cc(C)c(S(=O)(=O)NCCC(=O)NC2CC3CCC(C2)N3)c(C)c1. The lowest BCUT2D eigenvalue weighted by Gasteiger charge is -2.29. The summed E-state index contributed by atoms with van der Waals surface area (Å²) in [6, 6.07) is 4.97. The number of rotatable bonds is 6. The van der Waals surface area contributed by atoms with Crippen molar-refractivity contribution in [2.75, 3.05) is 6.54 Å². The Morgan fingerprint density at radius 3 is 2.27 bits per heavy atom. The molecule has 1 aromatic carbocycles. The van der Waals surface area contributed by atoms with Gasteiger partial charge in [0.25, 0.3) is 0 Å². The number of hydrogen-bond acceptors (Lipinski definition) is 4. The Bertz CT molecular complexity index is 756. The molecule has 3 N–H and O–H groups in total. The van der Waals surface area contributed by atoms with Crippen LogP contribution in [0.5, 0.6) is 0 Å². The van der Waals surface area contributed by atoms with Gasteiger partial charge in [-0.1, -0.05) is 17.7 Å². The molecule has 0 spiro atoms. The number of fused-ring (bicyclic) bond motifs is 2. The van der Waals surface area contributed by atoms with Crippen LogP contribution in [0.1, 0.15) is 48.8 Å². The van der Waals surface area contributed by atoms with Gasteiger partial charge < -0.3 is 10.6 Å². The van der Waals surface area contributed by atoms with Crippen molar-refractivity contribution in [3.63, 3.8) is 0 Å². The molecule has 2 aliphatic heterocycles. The van der Waals surface area contributed by atoms with Gasteiger partial charge in [-0.25, -0.2) is 13.1 Å². The number of benzene rings is 1. The van der Waals surface area contributed by atoms with Crippen molar-refractivity contribution in [2.24, 2.45) is 0 Å². The van der Waals surface area contributed by atoms with E-state index in [2.05, 4.69) is 15.4 Å². The van der Waals surface area contributed by atoms with Gasteiger partial charge in [0.1, 0.15) is 0 Å². The Labute approximate surface area is 156 Å². The smallest absolute Gasteiger partial charge is 0.241 e. The van der Waals surface area contributed by atoms with Gasteiger partial charge in [0.2, 0.25) is 15.9 Å². The van der Waals surface area contributed by atoms with Crippen LogP contribution in [0.4, 0.5) is 0 Å². The molecule has 1 aromatic rings. The Hall–Kier alpha value is -1.44. The van der Waals surface area contributed by atoms with Crippen molar-refractivity contribution in [2.45, 2.75) is 75.9 Å². The molecule has 2 heterocycles. The Balaban J connectivity index is 1.51. The van der Waals surface area contributed by atoms with Gasteiger partial charge in [-0.05, 0) is 57.6 Å². The predicted octanol–water partition coefficient (Wildman–Crippen LogP) is 1.68. The standard InChI is InChI=1S/C19H29N3O3S/c1-12-8-13(2)19(14(3)9-12)26(24,25)20-7-6-18(23)22-17-10-15-4-5-16(11-17)21-15/h8-9,15-17,20-21H,4-7,10-11H2,1-3H3,(H,22,23). The van der Waals surface area contributed by atoms with E-state index in [0.29, 0.717) is 17.0 Å². The maximum atomic E-state index is 12.6. The number of amides is 1. The first-order valence-electron chi connectivity index (χ1n) is 9.37. The number of hydrogen-bond donors (Lipinski definition) is 3. The summed E-state index contributed by atoms with van der Waals surface area (Å²) in [5.41, 5.74) is 2.49. The number of piperidine rings is 1. The van der Waals surface area contributed by atoms with E-state index in [1.54, 1.807) is 13.8 Å². The number of carbonyl (C=O) groups excluding carboxylic acids is 1. The molecular weight excluding hydrogens is 350 g/mol. The topological polar surface area (TPSA) is 87.3 Å². The zero-order chi connectivity index (χ0) is 18.9. The van der Waals surface area contributed by atoms with Gasteiger partial charge in [0, 0.05) is 31.1 Å². The molecule has 2 saturated heterocycles. The lowest BCUT2D eigenvalue weighted by atomic mass is 10.00. The molecule has 0 aliphatic carbocycles. The minimum atomic E-state index is -3.61. The van der Waals surface area contributed by atoms with Crippen LogP contribution in [0.2, 0.25) is 0 Å². The van der Waals surface area contributed by atoms with Gasteiger partial charge >= 0.3 is 0 Å². The fourth-order valence-corrected chi connectivity index (χ4v) is 5.92. The van der Waals surface area contributed by atoms with E-state index >= 15 is 0 Å². The minimum Gasteiger partial charge on any atom is -0.353 e. The molecule has 2 bridgehead atoms. The fourth-order valence-electron chi connectivity index (χ4n) is 4.44. The third-order valence-corrected chi connectivity index (χ3v) is 7.12. The van der Waals surface area contributed by atoms with Crippen LogP contribution in [-0.2, 0) is 14.8 Å². The third-order valence-electron chi connectivity index (χ3n) is 5.36. The Morgan fingerprint density at radius 1 is 1.12 bits per heavy atom. The molecule has 2 unspecified atom stereocenters. The summed E-state index contributed by atoms with van der Waals surface area (Å²) in [6.07, 6.45) is 4.46. The molecule has 3 rings (SSSR count). The van der Waals surface area contributed by atoms with Crippen LogP contribution in [0.25, 0.3) is 0 Å². The molecule has 7 heteroatoms. The highest BCUT2D eigenvalue weighted by Gasteiger charge is 2.33. The monoisotopic (exact) mass is 379 g/mol. The van der Waals surface area contributed by atoms with Crippen LogP contribution >= 0.6 is 0 Å². The molecule has 6 nitrogen and oxygen atoms in total. The van der Waals surface area contributed by atoms with E-state index < -0.39 is 10.0 Å². The molecule has 26 heavy (non-hydrogen) atoms. The van der Waals surface area contributed by atoms with Crippen molar-refractivity contribution in [3.8, 4) is 0 Å². The molecule has 144 valence electrons. The maximum absolute atomic E-state index is 12.6. The van der Waals surface area contributed by atoms with E-state index in [0.717, 1.165) is 29.5 Å². The summed E-state index contributed by atoms with van der Waals surface area (Å²) < 4.78 is 27.8. The first-order valence-corrected chi connectivity index (χ1v) is 10.9. The Kier molecular flexibility index (Phi) is 5.69. The van der Waals surface area contributed by atoms with Crippen molar-refractivity contribution in [1.29, 1.82) is 0 Å². The van der Waals surface area contributed by atoms with Crippen molar-refractivity contribution in [3.05, 3.63) is 28.8 Å². The maximum Gasteiger partial charge on any atom is 0.241 e. The molecule has 2 atom stereocenters. The van der Waals surface area contributed by atoms with Gasteiger partial charge in [-0.15, -0.1) is 0 Å². The van der Waals surface area contributed by atoms with Crippen molar-refractivity contribution < 1.29 is 13.2 Å². The van der Waals surface area contributed by atoms with E-state index in [9.17, 15) is 13.2 Å². The second kappa shape index (κ2) is 7.66. The van der Waals surface area contributed by atoms with E-state index in [1.807, 2.05) is 19.1 Å². The second-order valence-electron chi connectivity index (χ2n) is 7.75. The number of carbonyl (C=O) groups is 1. The highest BCUT2D eigenvalue weighted by molar-refractivity contribution is 7.89. The van der Waals surface area contributed by atoms with E-state index in [1.165, 1.54) is 12.8 Å². The average Bonchev–Trinajstić information content (AvgIpc) is 2.84. The zero-order valence-corrected chi connectivity index (χ0v) is 16.6. The van der Waals surface area contributed by atoms with E-state index in [-0.39, 0.29) is 24.9 Å².